The van der Waals surface area contributed by atoms with Crippen molar-refractivity contribution in [1.82, 2.24) is 10.2 Å². The molecule has 0 unspecified atom stereocenters. The van der Waals surface area contributed by atoms with Gasteiger partial charge in [0.05, 0.1) is 12.6 Å². The van der Waals surface area contributed by atoms with Crippen LogP contribution in [0.15, 0.2) is 24.3 Å². The van der Waals surface area contributed by atoms with E-state index in [1.165, 1.54) is 11.3 Å². The molecule has 1 heterocycles. The fraction of sp³-hybridized carbons (Fsp3) is 0.438. The van der Waals surface area contributed by atoms with Crippen LogP contribution in [-0.4, -0.2) is 28.8 Å². The predicted molar refractivity (Wildman–Crippen MR) is 89.7 cm³/mol. The van der Waals surface area contributed by atoms with Gasteiger partial charge in [0.2, 0.25) is 11.0 Å². The molecule has 3 N–H and O–H groups in total. The molecule has 1 aromatic heterocycles. The molecule has 6 nitrogen and oxygen atoms in total. The second-order valence-electron chi connectivity index (χ2n) is 5.85. The quantitative estimate of drug-likeness (QED) is 0.877. The first kappa shape index (κ1) is 15.9. The van der Waals surface area contributed by atoms with Crippen LogP contribution in [0.5, 0.6) is 5.75 Å². The van der Waals surface area contributed by atoms with Gasteiger partial charge in [0.15, 0.2) is 0 Å². The summed E-state index contributed by atoms with van der Waals surface area (Å²) < 4.78 is 5.21. The molecule has 23 heavy (non-hydrogen) atoms. The molecule has 0 spiro atoms. The van der Waals surface area contributed by atoms with Crippen molar-refractivity contribution in [1.29, 1.82) is 0 Å². The first-order chi connectivity index (χ1) is 11.1. The van der Waals surface area contributed by atoms with E-state index >= 15 is 0 Å². The molecule has 1 aliphatic carbocycles. The van der Waals surface area contributed by atoms with Crippen LogP contribution in [0.2, 0.25) is 0 Å². The molecule has 7 heteroatoms. The number of nitrogens with zero attached hydrogens (tertiary/aromatic N) is 2. The molecule has 0 aliphatic heterocycles. The van der Waals surface area contributed by atoms with E-state index in [9.17, 15) is 4.79 Å². The van der Waals surface area contributed by atoms with Crippen LogP contribution in [0.1, 0.15) is 36.3 Å². The first-order valence-corrected chi connectivity index (χ1v) is 8.46. The molecule has 0 atom stereocenters. The van der Waals surface area contributed by atoms with Crippen molar-refractivity contribution in [2.24, 2.45) is 5.73 Å². The van der Waals surface area contributed by atoms with Crippen molar-refractivity contribution in [3.8, 4) is 5.75 Å². The van der Waals surface area contributed by atoms with E-state index in [0.717, 1.165) is 42.0 Å². The van der Waals surface area contributed by atoms with Gasteiger partial charge in [0.25, 0.3) is 0 Å². The first-order valence-electron chi connectivity index (χ1n) is 7.65. The summed E-state index contributed by atoms with van der Waals surface area (Å²) in [5, 5.41) is 12.3. The standard InChI is InChI=1S/C16H20N4O2S/c1-22-12-6-4-5-11(9-12)10-13-19-20-15(23-13)18-14(21)16(17)7-2-3-8-16/h4-6,9H,2-3,7-8,10,17H2,1H3,(H,18,20,21). The second-order valence-corrected chi connectivity index (χ2v) is 6.91. The zero-order chi connectivity index (χ0) is 16.3. The number of carbonyl (C=O) groups excluding carboxylic acids is 1. The Kier molecular flexibility index (Phi) is 4.58. The average molecular weight is 332 g/mol. The minimum Gasteiger partial charge on any atom is -0.497 e. The van der Waals surface area contributed by atoms with Crippen LogP contribution in [0, 0.1) is 0 Å². The number of methoxy groups -OCH3 is 1. The van der Waals surface area contributed by atoms with Crippen molar-refractivity contribution < 1.29 is 9.53 Å². The van der Waals surface area contributed by atoms with E-state index in [4.69, 9.17) is 10.5 Å². The summed E-state index contributed by atoms with van der Waals surface area (Å²) in [6.07, 6.45) is 4.11. The number of benzene rings is 1. The third-order valence-electron chi connectivity index (χ3n) is 4.12. The molecule has 1 aromatic carbocycles. The lowest BCUT2D eigenvalue weighted by atomic mass is 9.98. The number of ether oxygens (including phenoxy) is 1. The van der Waals surface area contributed by atoms with Gasteiger partial charge in [-0.2, -0.15) is 0 Å². The molecule has 0 saturated heterocycles. The van der Waals surface area contributed by atoms with Gasteiger partial charge >= 0.3 is 0 Å². The van der Waals surface area contributed by atoms with Crippen molar-refractivity contribution in [2.45, 2.75) is 37.6 Å². The topological polar surface area (TPSA) is 90.1 Å². The summed E-state index contributed by atoms with van der Waals surface area (Å²) >= 11 is 1.38. The van der Waals surface area contributed by atoms with Gasteiger partial charge in [0, 0.05) is 6.42 Å². The Labute approximate surface area is 139 Å². The maximum Gasteiger partial charge on any atom is 0.246 e. The van der Waals surface area contributed by atoms with Gasteiger partial charge in [-0.25, -0.2) is 0 Å². The van der Waals surface area contributed by atoms with E-state index in [1.54, 1.807) is 7.11 Å². The number of anilines is 1. The average Bonchev–Trinajstić information content (AvgIpc) is 3.18. The number of amides is 1. The Morgan fingerprint density at radius 1 is 1.39 bits per heavy atom. The lowest BCUT2D eigenvalue weighted by Gasteiger charge is -2.20. The highest BCUT2D eigenvalue weighted by Gasteiger charge is 2.37. The maximum absolute atomic E-state index is 12.3. The fourth-order valence-electron chi connectivity index (χ4n) is 2.79. The Morgan fingerprint density at radius 2 is 2.17 bits per heavy atom. The molecule has 2 aromatic rings. The Hall–Kier alpha value is -1.99. The minimum atomic E-state index is -0.751. The zero-order valence-electron chi connectivity index (χ0n) is 13.0. The number of nitrogens with two attached hydrogens (primary N) is 1. The Bertz CT molecular complexity index is 695. The van der Waals surface area contributed by atoms with Crippen LogP contribution in [0.25, 0.3) is 0 Å². The summed E-state index contributed by atoms with van der Waals surface area (Å²) in [4.78, 5) is 12.3. The van der Waals surface area contributed by atoms with E-state index in [0.29, 0.717) is 11.6 Å². The van der Waals surface area contributed by atoms with Gasteiger partial charge in [-0.15, -0.1) is 10.2 Å². The number of rotatable bonds is 5. The highest BCUT2D eigenvalue weighted by atomic mass is 32.1. The van der Waals surface area contributed by atoms with Crippen LogP contribution in [0.3, 0.4) is 0 Å². The van der Waals surface area contributed by atoms with Crippen LogP contribution >= 0.6 is 11.3 Å². The number of aromatic nitrogens is 2. The van der Waals surface area contributed by atoms with Crippen LogP contribution in [-0.2, 0) is 11.2 Å². The lowest BCUT2D eigenvalue weighted by Crippen LogP contribution is -2.48. The Balaban J connectivity index is 1.64. The third-order valence-corrected chi connectivity index (χ3v) is 4.96. The lowest BCUT2D eigenvalue weighted by molar-refractivity contribution is -0.121. The highest BCUT2D eigenvalue weighted by molar-refractivity contribution is 7.15. The van der Waals surface area contributed by atoms with Crippen molar-refractivity contribution >= 4 is 22.4 Å². The zero-order valence-corrected chi connectivity index (χ0v) is 13.9. The minimum absolute atomic E-state index is 0.154. The summed E-state index contributed by atoms with van der Waals surface area (Å²) in [6, 6.07) is 7.82. The molecular weight excluding hydrogens is 312 g/mol. The molecule has 0 bridgehead atoms. The van der Waals surface area contributed by atoms with E-state index in [1.807, 2.05) is 24.3 Å². The van der Waals surface area contributed by atoms with Gasteiger partial charge in [-0.05, 0) is 30.5 Å². The molecule has 122 valence electrons. The van der Waals surface area contributed by atoms with Gasteiger partial charge in [-0.1, -0.05) is 36.3 Å². The molecular formula is C16H20N4O2S. The summed E-state index contributed by atoms with van der Waals surface area (Å²) in [5.41, 5.74) is 6.48. The molecule has 0 radical (unpaired) electrons. The SMILES string of the molecule is COc1cccc(Cc2nnc(NC(=O)C3(N)CCCC3)s2)c1. The smallest absolute Gasteiger partial charge is 0.246 e. The monoisotopic (exact) mass is 332 g/mol. The summed E-state index contributed by atoms with van der Waals surface area (Å²) in [6.45, 7) is 0. The van der Waals surface area contributed by atoms with Crippen molar-refractivity contribution in [2.75, 3.05) is 12.4 Å². The normalized spacial score (nSPS) is 16.3. The molecule has 1 amide bonds. The van der Waals surface area contributed by atoms with E-state index < -0.39 is 5.54 Å². The van der Waals surface area contributed by atoms with Crippen molar-refractivity contribution in [3.05, 3.63) is 34.8 Å². The largest absolute Gasteiger partial charge is 0.497 e. The predicted octanol–water partition coefficient (Wildman–Crippen LogP) is 2.35. The highest BCUT2D eigenvalue weighted by Crippen LogP contribution is 2.29. The third kappa shape index (κ3) is 3.68. The van der Waals surface area contributed by atoms with Crippen LogP contribution in [0.4, 0.5) is 5.13 Å². The molecule has 1 saturated carbocycles. The second kappa shape index (κ2) is 6.64. The summed E-state index contributed by atoms with van der Waals surface area (Å²) in [5.74, 6) is 0.658. The van der Waals surface area contributed by atoms with Gasteiger partial charge in [0.1, 0.15) is 10.8 Å². The maximum atomic E-state index is 12.3. The van der Waals surface area contributed by atoms with E-state index in [2.05, 4.69) is 15.5 Å². The number of nitrogens with one attached hydrogen (secondary N) is 1. The summed E-state index contributed by atoms with van der Waals surface area (Å²) in [7, 11) is 1.64. The van der Waals surface area contributed by atoms with Gasteiger partial charge in [-0.3, -0.25) is 10.1 Å². The number of hydrogen-bond donors (Lipinski definition) is 2. The molecule has 3 rings (SSSR count). The fourth-order valence-corrected chi connectivity index (χ4v) is 3.56. The number of carbonyl (C=O) groups is 1. The van der Waals surface area contributed by atoms with E-state index in [-0.39, 0.29) is 5.91 Å². The molecule has 1 aliphatic rings. The Morgan fingerprint density at radius 3 is 2.91 bits per heavy atom. The number of hydrogen-bond acceptors (Lipinski definition) is 6. The molecule has 1 fully saturated rings. The van der Waals surface area contributed by atoms with Crippen LogP contribution < -0.4 is 15.8 Å². The van der Waals surface area contributed by atoms with Gasteiger partial charge < -0.3 is 10.5 Å². The van der Waals surface area contributed by atoms with Crippen molar-refractivity contribution in [3.63, 3.8) is 0 Å².